The monoisotopic (exact) mass is 336 g/mol. The Hall–Kier alpha value is -1.85. The summed E-state index contributed by atoms with van der Waals surface area (Å²) in [6, 6.07) is 0. The second kappa shape index (κ2) is 6.22. The van der Waals surface area contributed by atoms with Gasteiger partial charge in [0.2, 0.25) is 0 Å². The number of hydrogen-bond donors (Lipinski definition) is 4. The highest BCUT2D eigenvalue weighted by atomic mass is 16.6. The van der Waals surface area contributed by atoms with Gasteiger partial charge in [0.05, 0.1) is 12.9 Å². The molecule has 130 valence electrons. The van der Waals surface area contributed by atoms with E-state index in [1.54, 1.807) is 4.57 Å². The Kier molecular flexibility index (Phi) is 4.06. The average Bonchev–Trinajstić information content (AvgIpc) is 3.17. The molecule has 2 aromatic heterocycles. The molecule has 0 bridgehead atoms. The lowest BCUT2D eigenvalue weighted by molar-refractivity contribution is -0.0511. The van der Waals surface area contributed by atoms with E-state index in [-0.39, 0.29) is 6.61 Å². The van der Waals surface area contributed by atoms with Gasteiger partial charge in [0.15, 0.2) is 23.2 Å². The van der Waals surface area contributed by atoms with Crippen LogP contribution in [-0.4, -0.2) is 85.9 Å². The number of piperazine rings is 1. The van der Waals surface area contributed by atoms with Gasteiger partial charge in [-0.15, -0.1) is 0 Å². The summed E-state index contributed by atoms with van der Waals surface area (Å²) in [5, 5.41) is 32.7. The molecule has 0 radical (unpaired) electrons. The fourth-order valence-corrected chi connectivity index (χ4v) is 3.24. The topological polar surface area (TPSA) is 129 Å². The molecule has 4 rings (SSSR count). The largest absolute Gasteiger partial charge is 0.394 e. The number of nitrogens with one attached hydrogen (secondary N) is 1. The van der Waals surface area contributed by atoms with E-state index < -0.39 is 24.5 Å². The number of aliphatic hydroxyl groups is 3. The molecule has 10 nitrogen and oxygen atoms in total. The van der Waals surface area contributed by atoms with E-state index in [0.717, 1.165) is 32.0 Å². The van der Waals surface area contributed by atoms with E-state index in [2.05, 4.69) is 25.2 Å². The van der Waals surface area contributed by atoms with Crippen LogP contribution in [0.4, 0.5) is 5.82 Å². The smallest absolute Gasteiger partial charge is 0.167 e. The minimum atomic E-state index is -1.17. The Labute approximate surface area is 137 Å². The number of aromatic nitrogens is 4. The molecule has 0 aliphatic carbocycles. The first kappa shape index (κ1) is 15.7. The number of ether oxygens (including phenoxy) is 1. The van der Waals surface area contributed by atoms with Gasteiger partial charge in [-0.1, -0.05) is 0 Å². The second-order valence-electron chi connectivity index (χ2n) is 5.99. The molecule has 0 saturated carbocycles. The molecule has 2 saturated heterocycles. The van der Waals surface area contributed by atoms with Crippen LogP contribution in [0.1, 0.15) is 6.23 Å². The van der Waals surface area contributed by atoms with Gasteiger partial charge in [0.1, 0.15) is 24.6 Å². The molecule has 10 heteroatoms. The van der Waals surface area contributed by atoms with Crippen molar-refractivity contribution in [2.75, 3.05) is 37.7 Å². The maximum absolute atomic E-state index is 10.2. The fraction of sp³-hybridized carbons (Fsp3) is 0.643. The highest BCUT2D eigenvalue weighted by Crippen LogP contribution is 2.32. The number of anilines is 1. The third-order valence-electron chi connectivity index (χ3n) is 4.55. The number of aliphatic hydroxyl groups excluding tert-OH is 3. The van der Waals surface area contributed by atoms with E-state index in [4.69, 9.17) is 4.74 Å². The minimum Gasteiger partial charge on any atom is -0.394 e. The number of imidazole rings is 1. The molecule has 0 unspecified atom stereocenters. The zero-order chi connectivity index (χ0) is 16.7. The SMILES string of the molecule is OC[C@H]1O[C@@H](n2cnc3c(N4CCNCC4)ncnc32)[C@H](O)[C@@H]1O. The van der Waals surface area contributed by atoms with Crippen LogP contribution in [0.15, 0.2) is 12.7 Å². The van der Waals surface area contributed by atoms with Crippen molar-refractivity contribution in [1.29, 1.82) is 0 Å². The summed E-state index contributed by atoms with van der Waals surface area (Å²) in [5.41, 5.74) is 1.14. The summed E-state index contributed by atoms with van der Waals surface area (Å²) in [4.78, 5) is 15.1. The number of nitrogens with zero attached hydrogens (tertiary/aromatic N) is 5. The Morgan fingerprint density at radius 3 is 2.67 bits per heavy atom. The van der Waals surface area contributed by atoms with Crippen molar-refractivity contribution in [3.8, 4) is 0 Å². The van der Waals surface area contributed by atoms with Crippen molar-refractivity contribution in [2.45, 2.75) is 24.5 Å². The molecule has 4 atom stereocenters. The normalized spacial score (nSPS) is 31.0. The number of fused-ring (bicyclic) bond motifs is 1. The second-order valence-corrected chi connectivity index (χ2v) is 5.99. The Bertz CT molecular complexity index is 718. The van der Waals surface area contributed by atoms with E-state index in [0.29, 0.717) is 11.2 Å². The number of hydrogen-bond acceptors (Lipinski definition) is 9. The lowest BCUT2D eigenvalue weighted by Gasteiger charge is -2.28. The minimum absolute atomic E-state index is 0.373. The van der Waals surface area contributed by atoms with Crippen LogP contribution in [0.25, 0.3) is 11.2 Å². The van der Waals surface area contributed by atoms with Crippen LogP contribution in [0, 0.1) is 0 Å². The lowest BCUT2D eigenvalue weighted by atomic mass is 10.1. The predicted molar refractivity (Wildman–Crippen MR) is 83.4 cm³/mol. The predicted octanol–water partition coefficient (Wildman–Crippen LogP) is -2.15. The molecule has 4 heterocycles. The van der Waals surface area contributed by atoms with Crippen molar-refractivity contribution >= 4 is 17.0 Å². The van der Waals surface area contributed by atoms with Gasteiger partial charge in [-0.2, -0.15) is 0 Å². The molecular weight excluding hydrogens is 316 g/mol. The van der Waals surface area contributed by atoms with Crippen LogP contribution in [0.5, 0.6) is 0 Å². The summed E-state index contributed by atoms with van der Waals surface area (Å²) in [7, 11) is 0. The van der Waals surface area contributed by atoms with E-state index in [1.165, 1.54) is 12.7 Å². The summed E-state index contributed by atoms with van der Waals surface area (Å²) in [6.07, 6.45) is -1.04. The van der Waals surface area contributed by atoms with Crippen molar-refractivity contribution in [1.82, 2.24) is 24.8 Å². The van der Waals surface area contributed by atoms with Crippen molar-refractivity contribution in [3.63, 3.8) is 0 Å². The number of rotatable bonds is 3. The quantitative estimate of drug-likeness (QED) is 0.496. The molecule has 0 amide bonds. The molecule has 2 fully saturated rings. The Morgan fingerprint density at radius 2 is 1.96 bits per heavy atom. The van der Waals surface area contributed by atoms with Crippen LogP contribution in [0.3, 0.4) is 0 Å². The van der Waals surface area contributed by atoms with E-state index in [9.17, 15) is 15.3 Å². The van der Waals surface area contributed by atoms with E-state index in [1.807, 2.05) is 0 Å². The highest BCUT2D eigenvalue weighted by molar-refractivity contribution is 5.83. The van der Waals surface area contributed by atoms with E-state index >= 15 is 0 Å². The molecule has 2 aliphatic rings. The van der Waals surface area contributed by atoms with Gasteiger partial charge in [0.25, 0.3) is 0 Å². The summed E-state index contributed by atoms with van der Waals surface area (Å²) >= 11 is 0. The maximum atomic E-state index is 10.2. The zero-order valence-electron chi connectivity index (χ0n) is 13.0. The molecular formula is C14H20N6O4. The Morgan fingerprint density at radius 1 is 1.17 bits per heavy atom. The standard InChI is InChI=1S/C14H20N6O4/c21-5-8-10(22)11(23)14(24-8)20-7-18-9-12(16-6-17-13(9)20)19-3-1-15-2-4-19/h6-8,10-11,14-15,21-23H,1-5H2/t8-,10-,11-,14-/m1/s1. The summed E-state index contributed by atoms with van der Waals surface area (Å²) in [6.45, 7) is 3.03. The summed E-state index contributed by atoms with van der Waals surface area (Å²) in [5.74, 6) is 0.743. The third kappa shape index (κ3) is 2.43. The lowest BCUT2D eigenvalue weighted by Crippen LogP contribution is -2.44. The van der Waals surface area contributed by atoms with Gasteiger partial charge in [-0.25, -0.2) is 15.0 Å². The maximum Gasteiger partial charge on any atom is 0.167 e. The third-order valence-corrected chi connectivity index (χ3v) is 4.55. The summed E-state index contributed by atoms with van der Waals surface area (Å²) < 4.78 is 7.14. The van der Waals surface area contributed by atoms with Crippen LogP contribution < -0.4 is 10.2 Å². The first-order chi connectivity index (χ1) is 11.7. The molecule has 4 N–H and O–H groups in total. The Balaban J connectivity index is 1.71. The van der Waals surface area contributed by atoms with Gasteiger partial charge in [-0.3, -0.25) is 4.57 Å². The van der Waals surface area contributed by atoms with Crippen LogP contribution in [0.2, 0.25) is 0 Å². The zero-order valence-corrected chi connectivity index (χ0v) is 13.0. The molecule has 0 aromatic carbocycles. The molecule has 0 spiro atoms. The van der Waals surface area contributed by atoms with Gasteiger partial charge < -0.3 is 30.3 Å². The first-order valence-electron chi connectivity index (χ1n) is 7.96. The molecule has 2 aliphatic heterocycles. The van der Waals surface area contributed by atoms with Crippen LogP contribution >= 0.6 is 0 Å². The van der Waals surface area contributed by atoms with Gasteiger partial charge >= 0.3 is 0 Å². The average molecular weight is 336 g/mol. The molecule has 24 heavy (non-hydrogen) atoms. The first-order valence-corrected chi connectivity index (χ1v) is 7.96. The van der Waals surface area contributed by atoms with Crippen molar-refractivity contribution in [2.24, 2.45) is 0 Å². The van der Waals surface area contributed by atoms with Crippen molar-refractivity contribution < 1.29 is 20.1 Å². The highest BCUT2D eigenvalue weighted by Gasteiger charge is 2.44. The van der Waals surface area contributed by atoms with Gasteiger partial charge in [0, 0.05) is 26.2 Å². The van der Waals surface area contributed by atoms with Gasteiger partial charge in [-0.05, 0) is 0 Å². The molecule has 2 aromatic rings. The van der Waals surface area contributed by atoms with Crippen molar-refractivity contribution in [3.05, 3.63) is 12.7 Å². The fourth-order valence-electron chi connectivity index (χ4n) is 3.24. The van der Waals surface area contributed by atoms with Crippen LogP contribution in [-0.2, 0) is 4.74 Å².